The van der Waals surface area contributed by atoms with Crippen molar-refractivity contribution in [2.45, 2.75) is 87.5 Å². The largest absolute Gasteiger partial charge is 0.205 e. The average Bonchev–Trinajstić information content (AvgIpc) is 3.80. The first kappa shape index (κ1) is 32.5. The van der Waals surface area contributed by atoms with Crippen molar-refractivity contribution in [3.63, 3.8) is 0 Å². The fraction of sp³-hybridized carbons (Fsp3) is 0.471. The van der Waals surface area contributed by atoms with Gasteiger partial charge in [-0.25, -0.2) is 8.78 Å². The van der Waals surface area contributed by atoms with E-state index in [1.54, 1.807) is 81.0 Å². The Hall–Kier alpha value is -0.900. The van der Waals surface area contributed by atoms with E-state index in [4.69, 9.17) is 0 Å². The Labute approximate surface area is 274 Å². The van der Waals surface area contributed by atoms with Gasteiger partial charge < -0.3 is 0 Å². The summed E-state index contributed by atoms with van der Waals surface area (Å²) in [4.78, 5) is 1.98. The maximum absolute atomic E-state index is 15.3. The molecule has 5 aromatic rings. The van der Waals surface area contributed by atoms with E-state index in [0.717, 1.165) is 73.8 Å². The minimum atomic E-state index is -0.103. The van der Waals surface area contributed by atoms with Crippen LogP contribution in [-0.2, 0) is 0 Å². The Balaban J connectivity index is 1.47. The van der Waals surface area contributed by atoms with Crippen molar-refractivity contribution in [1.29, 1.82) is 0 Å². The summed E-state index contributed by atoms with van der Waals surface area (Å²) in [6.45, 7) is 8.96. The summed E-state index contributed by atoms with van der Waals surface area (Å²) in [5.74, 6) is 2.99. The van der Waals surface area contributed by atoms with Crippen LogP contribution in [0.25, 0.3) is 41.1 Å². The molecule has 1 aromatic carbocycles. The average molecular weight is 679 g/mol. The number of unbranched alkanes of at least 4 members (excludes halogenated alkanes) is 2. The maximum Gasteiger partial charge on any atom is 0.148 e. The van der Waals surface area contributed by atoms with Gasteiger partial charge in [-0.3, -0.25) is 0 Å². The lowest BCUT2D eigenvalue weighted by Crippen LogP contribution is -2.01. The smallest absolute Gasteiger partial charge is 0.148 e. The molecule has 0 N–H and O–H groups in total. The van der Waals surface area contributed by atoms with E-state index in [9.17, 15) is 0 Å². The summed E-state index contributed by atoms with van der Waals surface area (Å²) in [6.07, 6.45) is 9.60. The highest BCUT2D eigenvalue weighted by Crippen LogP contribution is 2.52. The van der Waals surface area contributed by atoms with Crippen LogP contribution in [0.5, 0.6) is 0 Å². The molecule has 226 valence electrons. The Morgan fingerprint density at radius 2 is 1.10 bits per heavy atom. The van der Waals surface area contributed by atoms with Gasteiger partial charge in [-0.2, -0.15) is 0 Å². The minimum absolute atomic E-state index is 0.103. The molecule has 0 spiro atoms. The van der Waals surface area contributed by atoms with E-state index in [2.05, 4.69) is 50.6 Å². The van der Waals surface area contributed by atoms with Crippen molar-refractivity contribution in [3.05, 3.63) is 46.7 Å². The summed E-state index contributed by atoms with van der Waals surface area (Å²) >= 11 is 9.96. The Morgan fingerprint density at radius 1 is 0.667 bits per heavy atom. The molecule has 0 aliphatic rings. The van der Waals surface area contributed by atoms with Gasteiger partial charge in [-0.15, -0.1) is 68.9 Å². The highest BCUT2D eigenvalue weighted by molar-refractivity contribution is 8.01. The topological polar surface area (TPSA) is 0 Å². The molecule has 0 saturated carbocycles. The number of benzene rings is 1. The van der Waals surface area contributed by atoms with Crippen molar-refractivity contribution in [2.24, 2.45) is 11.8 Å². The lowest BCUT2D eigenvalue weighted by atomic mass is 10.0. The fourth-order valence-electron chi connectivity index (χ4n) is 5.46. The van der Waals surface area contributed by atoms with Gasteiger partial charge in [-0.05, 0) is 59.7 Å². The van der Waals surface area contributed by atoms with Crippen molar-refractivity contribution in [2.75, 3.05) is 11.5 Å². The molecule has 0 saturated heterocycles. The molecule has 0 amide bonds. The maximum atomic E-state index is 15.3. The molecule has 2 unspecified atom stereocenters. The highest BCUT2D eigenvalue weighted by atomic mass is 32.2. The van der Waals surface area contributed by atoms with Crippen LogP contribution in [0.4, 0.5) is 8.78 Å². The minimum Gasteiger partial charge on any atom is -0.205 e. The Morgan fingerprint density at radius 3 is 1.48 bits per heavy atom. The third-order valence-electron chi connectivity index (χ3n) is 8.11. The number of hydrogen-bond acceptors (Lipinski definition) is 6. The number of rotatable bonds is 16. The standard InChI is InChI=1S/C34H40F2S6/c1-5-9-11-21(7-3)19-39-33-25(35)17-27(41-33)29-23-13-15-38-32(23)30(24-14-16-37-31(24)29)28-18-26(36)34(42-28)40-20-22(8-4)12-10-6-2/h13-18,21-22H,5-12,19-20H2,1-4H3. The zero-order valence-corrected chi connectivity index (χ0v) is 29.8. The van der Waals surface area contributed by atoms with Gasteiger partial charge in [0.05, 0.1) is 8.42 Å². The third-order valence-corrected chi connectivity index (χ3v) is 15.2. The van der Waals surface area contributed by atoms with Gasteiger partial charge in [0.25, 0.3) is 0 Å². The molecule has 5 rings (SSSR count). The SMILES string of the molecule is CCCCC(CC)CSc1sc(-c2c3ccsc3c(-c3cc(F)c(SCC(CC)CCCC)s3)c3ccsc23)cc1F. The van der Waals surface area contributed by atoms with Gasteiger partial charge in [0.15, 0.2) is 0 Å². The molecule has 8 heteroatoms. The summed E-state index contributed by atoms with van der Waals surface area (Å²) in [6, 6.07) is 7.82. The number of fused-ring (bicyclic) bond motifs is 2. The zero-order chi connectivity index (χ0) is 29.6. The van der Waals surface area contributed by atoms with Crippen LogP contribution in [0.2, 0.25) is 0 Å². The lowest BCUT2D eigenvalue weighted by Gasteiger charge is -2.13. The Bertz CT molecular complexity index is 1420. The molecule has 0 aliphatic heterocycles. The molecule has 4 aromatic heterocycles. The molecule has 4 heterocycles. The van der Waals surface area contributed by atoms with Crippen molar-refractivity contribution in [3.8, 4) is 20.9 Å². The molecule has 0 fully saturated rings. The second-order valence-electron chi connectivity index (χ2n) is 11.0. The number of thiophene rings is 4. The van der Waals surface area contributed by atoms with Crippen molar-refractivity contribution in [1.82, 2.24) is 0 Å². The molecule has 0 aliphatic carbocycles. The van der Waals surface area contributed by atoms with Gasteiger partial charge in [0.1, 0.15) is 11.6 Å². The van der Waals surface area contributed by atoms with Crippen LogP contribution < -0.4 is 0 Å². The highest BCUT2D eigenvalue weighted by Gasteiger charge is 2.24. The van der Waals surface area contributed by atoms with Gasteiger partial charge in [0, 0.05) is 52.6 Å². The summed E-state index contributed by atoms with van der Waals surface area (Å²) in [5, 5.41) is 6.54. The number of halogens is 2. The predicted molar refractivity (Wildman–Crippen MR) is 192 cm³/mol. The third kappa shape index (κ3) is 7.15. The lowest BCUT2D eigenvalue weighted by molar-refractivity contribution is 0.499. The van der Waals surface area contributed by atoms with E-state index < -0.39 is 0 Å². The fourth-order valence-corrected chi connectivity index (χ4v) is 12.6. The quantitative estimate of drug-likeness (QED) is 0.0953. The zero-order valence-electron chi connectivity index (χ0n) is 24.9. The van der Waals surface area contributed by atoms with E-state index in [1.807, 2.05) is 0 Å². The molecule has 2 atom stereocenters. The van der Waals surface area contributed by atoms with Crippen LogP contribution in [-0.4, -0.2) is 11.5 Å². The molecular formula is C34H40F2S6. The second kappa shape index (κ2) is 15.4. The van der Waals surface area contributed by atoms with Crippen LogP contribution in [0.15, 0.2) is 43.4 Å². The van der Waals surface area contributed by atoms with E-state index >= 15 is 8.78 Å². The summed E-state index contributed by atoms with van der Waals surface area (Å²) < 4.78 is 34.6. The molecule has 0 bridgehead atoms. The van der Waals surface area contributed by atoms with E-state index in [-0.39, 0.29) is 11.6 Å². The van der Waals surface area contributed by atoms with Crippen LogP contribution in [0.1, 0.15) is 79.1 Å². The van der Waals surface area contributed by atoms with Gasteiger partial charge >= 0.3 is 0 Å². The predicted octanol–water partition coefficient (Wildman–Crippen LogP) is 14.5. The molecule has 0 radical (unpaired) electrons. The first-order chi connectivity index (χ1) is 20.5. The number of thioether (sulfide) groups is 2. The first-order valence-corrected chi connectivity index (χ1v) is 20.6. The van der Waals surface area contributed by atoms with E-state index in [0.29, 0.717) is 11.8 Å². The van der Waals surface area contributed by atoms with Crippen LogP contribution in [0.3, 0.4) is 0 Å². The van der Waals surface area contributed by atoms with Crippen LogP contribution in [0, 0.1) is 23.5 Å². The number of hydrogen-bond donors (Lipinski definition) is 0. The van der Waals surface area contributed by atoms with Gasteiger partial charge in [-0.1, -0.05) is 66.2 Å². The van der Waals surface area contributed by atoms with Gasteiger partial charge in [0.2, 0.25) is 0 Å². The van der Waals surface area contributed by atoms with Crippen molar-refractivity contribution < 1.29 is 8.78 Å². The van der Waals surface area contributed by atoms with Crippen molar-refractivity contribution >= 4 is 89.0 Å². The summed E-state index contributed by atoms with van der Waals surface area (Å²) in [5.41, 5.74) is 2.25. The normalized spacial score (nSPS) is 13.5. The molecule has 42 heavy (non-hydrogen) atoms. The monoisotopic (exact) mass is 678 g/mol. The first-order valence-electron chi connectivity index (χ1n) is 15.2. The summed E-state index contributed by atoms with van der Waals surface area (Å²) in [7, 11) is 0. The Kier molecular flexibility index (Phi) is 11.9. The van der Waals surface area contributed by atoms with E-state index in [1.165, 1.54) is 38.5 Å². The molecule has 0 nitrogen and oxygen atoms in total. The second-order valence-corrected chi connectivity index (χ2v) is 17.5. The molecular weight excluding hydrogens is 639 g/mol. The van der Waals surface area contributed by atoms with Crippen LogP contribution >= 0.6 is 68.9 Å².